The summed E-state index contributed by atoms with van der Waals surface area (Å²) in [5.74, 6) is 1.45. The van der Waals surface area contributed by atoms with E-state index in [0.29, 0.717) is 23.0 Å². The van der Waals surface area contributed by atoms with E-state index in [1.54, 1.807) is 0 Å². The molecule has 4 nitrogen and oxygen atoms in total. The zero-order valence-electron chi connectivity index (χ0n) is 23.8. The van der Waals surface area contributed by atoms with Crippen LogP contribution in [-0.4, -0.2) is 20.4 Å². The van der Waals surface area contributed by atoms with Gasteiger partial charge in [0, 0.05) is 0 Å². The Bertz CT molecular complexity index is 1320. The second kappa shape index (κ2) is 11.6. The monoisotopic (exact) mass is 512 g/mol. The van der Waals surface area contributed by atoms with Gasteiger partial charge >= 0.3 is 0 Å². The molecule has 0 unspecified atom stereocenters. The molecular weight excluding hydrogens is 472 g/mol. The van der Waals surface area contributed by atoms with Gasteiger partial charge in [-0.2, -0.15) is 0 Å². The van der Waals surface area contributed by atoms with Crippen LogP contribution in [0.1, 0.15) is 66.8 Å². The van der Waals surface area contributed by atoms with E-state index < -0.39 is 0 Å². The van der Waals surface area contributed by atoms with Crippen molar-refractivity contribution in [3.8, 4) is 23.0 Å². The molecule has 4 N–H and O–H groups in total. The Morgan fingerprint density at radius 3 is 1.00 bits per heavy atom. The number of phenols is 4. The van der Waals surface area contributed by atoms with Crippen LogP contribution in [0.5, 0.6) is 23.0 Å². The van der Waals surface area contributed by atoms with Crippen LogP contribution in [0.15, 0.2) is 48.5 Å². The van der Waals surface area contributed by atoms with Crippen molar-refractivity contribution in [1.29, 1.82) is 0 Å². The SMILES string of the molecule is Cc1cc(Cc2cc(C)c(O)c(C)c2)cc(C)c1O.Cc1cc(Cc2cc(C)c(O)cc2C)c(C)cc1O. The van der Waals surface area contributed by atoms with Crippen LogP contribution < -0.4 is 0 Å². The molecule has 200 valence electrons. The molecule has 0 aliphatic carbocycles. The van der Waals surface area contributed by atoms with Gasteiger partial charge in [0.15, 0.2) is 0 Å². The van der Waals surface area contributed by atoms with Gasteiger partial charge < -0.3 is 20.4 Å². The predicted molar refractivity (Wildman–Crippen MR) is 156 cm³/mol. The summed E-state index contributed by atoms with van der Waals surface area (Å²) in [6.45, 7) is 15.5. The molecule has 0 spiro atoms. The van der Waals surface area contributed by atoms with Crippen molar-refractivity contribution >= 4 is 0 Å². The number of aromatic hydroxyl groups is 4. The molecule has 0 aliphatic rings. The molecule has 0 fully saturated rings. The van der Waals surface area contributed by atoms with Crippen molar-refractivity contribution < 1.29 is 20.4 Å². The predicted octanol–water partition coefficient (Wildman–Crippen LogP) is 7.84. The molecule has 0 aromatic heterocycles. The van der Waals surface area contributed by atoms with Crippen LogP contribution in [0.3, 0.4) is 0 Å². The van der Waals surface area contributed by atoms with E-state index in [1.165, 1.54) is 22.3 Å². The van der Waals surface area contributed by atoms with E-state index in [1.807, 2.05) is 104 Å². The van der Waals surface area contributed by atoms with Crippen molar-refractivity contribution in [2.45, 2.75) is 68.2 Å². The van der Waals surface area contributed by atoms with E-state index in [-0.39, 0.29) is 0 Å². The molecule has 4 aromatic rings. The highest BCUT2D eigenvalue weighted by molar-refractivity contribution is 5.48. The highest BCUT2D eigenvalue weighted by atomic mass is 16.3. The first-order valence-electron chi connectivity index (χ1n) is 12.9. The summed E-state index contributed by atoms with van der Waals surface area (Å²) in [7, 11) is 0. The molecule has 0 bridgehead atoms. The Hall–Kier alpha value is -3.92. The van der Waals surface area contributed by atoms with Gasteiger partial charge in [-0.1, -0.05) is 36.4 Å². The van der Waals surface area contributed by atoms with Gasteiger partial charge in [-0.3, -0.25) is 0 Å². The molecule has 0 saturated carbocycles. The Morgan fingerprint density at radius 1 is 0.368 bits per heavy atom. The molecule has 0 heterocycles. The van der Waals surface area contributed by atoms with Crippen molar-refractivity contribution in [1.82, 2.24) is 0 Å². The minimum Gasteiger partial charge on any atom is -0.508 e. The second-order valence-corrected chi connectivity index (χ2v) is 10.6. The lowest BCUT2D eigenvalue weighted by Gasteiger charge is -2.12. The van der Waals surface area contributed by atoms with Gasteiger partial charge in [0.2, 0.25) is 0 Å². The Kier molecular flexibility index (Phi) is 8.78. The standard InChI is InChI=1S/2C17H20O2/c1-10-7-16(18)12(3)5-14(10)9-15-6-13(4)17(19)8-11(15)2;1-10-5-14(6-11(2)16(10)18)9-15-7-12(3)17(19)13(4)8-15/h2*5-8,18-19H,9H2,1-4H3. The number of hydrogen-bond donors (Lipinski definition) is 4. The van der Waals surface area contributed by atoms with Crippen LogP contribution in [-0.2, 0) is 12.8 Å². The molecule has 38 heavy (non-hydrogen) atoms. The first-order valence-corrected chi connectivity index (χ1v) is 12.9. The maximum absolute atomic E-state index is 9.79. The maximum atomic E-state index is 9.79. The zero-order chi connectivity index (χ0) is 28.3. The Morgan fingerprint density at radius 2 is 0.684 bits per heavy atom. The molecule has 0 saturated heterocycles. The van der Waals surface area contributed by atoms with E-state index in [9.17, 15) is 20.4 Å². The summed E-state index contributed by atoms with van der Waals surface area (Å²) >= 11 is 0. The van der Waals surface area contributed by atoms with Crippen molar-refractivity contribution in [2.24, 2.45) is 0 Å². The molecule has 0 atom stereocenters. The third kappa shape index (κ3) is 6.69. The summed E-state index contributed by atoms with van der Waals surface area (Å²) in [6, 6.07) is 15.7. The first-order chi connectivity index (χ1) is 17.8. The minimum absolute atomic E-state index is 0.347. The van der Waals surface area contributed by atoms with E-state index in [4.69, 9.17) is 0 Å². The molecule has 0 aliphatic heterocycles. The summed E-state index contributed by atoms with van der Waals surface area (Å²) in [4.78, 5) is 0. The maximum Gasteiger partial charge on any atom is 0.121 e. The van der Waals surface area contributed by atoms with Gasteiger partial charge in [0.05, 0.1) is 0 Å². The topological polar surface area (TPSA) is 80.9 Å². The molecule has 4 rings (SSSR count). The lowest BCUT2D eigenvalue weighted by atomic mass is 9.94. The normalized spacial score (nSPS) is 10.7. The number of benzene rings is 4. The average molecular weight is 513 g/mol. The zero-order valence-corrected chi connectivity index (χ0v) is 23.8. The smallest absolute Gasteiger partial charge is 0.121 e. The lowest BCUT2D eigenvalue weighted by Crippen LogP contribution is -1.96. The second-order valence-electron chi connectivity index (χ2n) is 10.6. The number of aryl methyl sites for hydroxylation is 8. The highest BCUT2D eigenvalue weighted by Gasteiger charge is 2.09. The van der Waals surface area contributed by atoms with Gasteiger partial charge in [0.1, 0.15) is 23.0 Å². The number of phenolic OH excluding ortho intramolecular Hbond substituents is 4. The molecular formula is C34H40O4. The molecule has 4 aromatic carbocycles. The van der Waals surface area contributed by atoms with Gasteiger partial charge in [-0.15, -0.1) is 0 Å². The van der Waals surface area contributed by atoms with Crippen LogP contribution >= 0.6 is 0 Å². The van der Waals surface area contributed by atoms with Crippen LogP contribution in [0, 0.1) is 55.4 Å². The van der Waals surface area contributed by atoms with Gasteiger partial charge in [-0.05, 0) is 147 Å². The Balaban J connectivity index is 0.000000211. The summed E-state index contributed by atoms with van der Waals surface area (Å²) in [5.41, 5.74) is 12.4. The van der Waals surface area contributed by atoms with E-state index in [0.717, 1.165) is 57.3 Å². The molecule has 4 heteroatoms. The van der Waals surface area contributed by atoms with Crippen LogP contribution in [0.25, 0.3) is 0 Å². The fourth-order valence-electron chi connectivity index (χ4n) is 4.84. The summed E-state index contributed by atoms with van der Waals surface area (Å²) < 4.78 is 0. The van der Waals surface area contributed by atoms with Gasteiger partial charge in [-0.25, -0.2) is 0 Å². The third-order valence-electron chi connectivity index (χ3n) is 7.20. The third-order valence-corrected chi connectivity index (χ3v) is 7.20. The summed E-state index contributed by atoms with van der Waals surface area (Å²) in [5, 5.41) is 39.0. The van der Waals surface area contributed by atoms with E-state index >= 15 is 0 Å². The highest BCUT2D eigenvalue weighted by Crippen LogP contribution is 2.28. The van der Waals surface area contributed by atoms with Crippen LogP contribution in [0.4, 0.5) is 0 Å². The average Bonchev–Trinajstić information content (AvgIpc) is 2.83. The first kappa shape index (κ1) is 28.6. The fraction of sp³-hybridized carbons (Fsp3) is 0.294. The summed E-state index contributed by atoms with van der Waals surface area (Å²) in [6.07, 6.45) is 1.63. The number of rotatable bonds is 4. The fourth-order valence-corrected chi connectivity index (χ4v) is 4.84. The molecule has 0 amide bonds. The van der Waals surface area contributed by atoms with Gasteiger partial charge in [0.25, 0.3) is 0 Å². The Labute approximate surface area is 226 Å². The van der Waals surface area contributed by atoms with Crippen molar-refractivity contribution in [2.75, 3.05) is 0 Å². The minimum atomic E-state index is 0.347. The van der Waals surface area contributed by atoms with Crippen molar-refractivity contribution in [3.05, 3.63) is 115 Å². The van der Waals surface area contributed by atoms with Crippen LogP contribution in [0.2, 0.25) is 0 Å². The van der Waals surface area contributed by atoms with Crippen molar-refractivity contribution in [3.63, 3.8) is 0 Å². The number of hydrogen-bond acceptors (Lipinski definition) is 4. The van der Waals surface area contributed by atoms with E-state index in [2.05, 4.69) is 0 Å². The lowest BCUT2D eigenvalue weighted by molar-refractivity contribution is 0.466. The quantitative estimate of drug-likeness (QED) is 0.224. The molecule has 0 radical (unpaired) electrons. The largest absolute Gasteiger partial charge is 0.508 e.